The van der Waals surface area contributed by atoms with Gasteiger partial charge in [0.2, 0.25) is 11.8 Å². The SMILES string of the molecule is COC(=O)NCC(=O)N1C[C@@H](C)C[C@H]1c1ncc(-c2ccc(-c3ccc(NC(=O)N4CCN(C5CCN(C(=O)C(C)(C)C)CC5)CC4)cc3OC(F)(F)F)cc2)[nH]1. The molecule has 2 aromatic carbocycles. The van der Waals surface area contributed by atoms with E-state index in [0.29, 0.717) is 75.4 Å². The van der Waals surface area contributed by atoms with Gasteiger partial charge >= 0.3 is 18.5 Å². The highest BCUT2D eigenvalue weighted by molar-refractivity contribution is 5.90. The monoisotopic (exact) mass is 796 g/mol. The van der Waals surface area contributed by atoms with Gasteiger partial charge < -0.3 is 39.8 Å². The van der Waals surface area contributed by atoms with Crippen molar-refractivity contribution in [3.05, 3.63) is 54.5 Å². The number of carbonyl (C=O) groups is 4. The Morgan fingerprint density at radius 2 is 1.58 bits per heavy atom. The number of amides is 5. The van der Waals surface area contributed by atoms with E-state index in [2.05, 4.69) is 35.0 Å². The van der Waals surface area contributed by atoms with Crippen LogP contribution in [0.5, 0.6) is 5.75 Å². The number of H-pyrrole nitrogens is 1. The number of halogens is 3. The van der Waals surface area contributed by atoms with Gasteiger partial charge in [0.05, 0.1) is 25.0 Å². The van der Waals surface area contributed by atoms with Crippen molar-refractivity contribution in [1.29, 1.82) is 0 Å². The smallest absolute Gasteiger partial charge is 0.453 e. The first-order chi connectivity index (χ1) is 27.0. The Balaban J connectivity index is 1.08. The number of ether oxygens (including phenoxy) is 2. The molecule has 2 atom stereocenters. The van der Waals surface area contributed by atoms with Crippen LogP contribution in [0.2, 0.25) is 0 Å². The predicted molar refractivity (Wildman–Crippen MR) is 206 cm³/mol. The lowest BCUT2D eigenvalue weighted by Gasteiger charge is -2.43. The second-order valence-electron chi connectivity index (χ2n) is 16.0. The summed E-state index contributed by atoms with van der Waals surface area (Å²) in [5, 5.41) is 5.16. The highest BCUT2D eigenvalue weighted by Gasteiger charge is 2.37. The van der Waals surface area contributed by atoms with Crippen LogP contribution < -0.4 is 15.4 Å². The van der Waals surface area contributed by atoms with Crippen molar-refractivity contribution in [2.75, 3.05) is 64.8 Å². The highest BCUT2D eigenvalue weighted by Crippen LogP contribution is 2.38. The number of anilines is 1. The molecule has 3 fully saturated rings. The number of benzene rings is 2. The molecule has 0 aliphatic carbocycles. The number of alkyl carbamates (subject to hydrolysis) is 1. The van der Waals surface area contributed by atoms with Crippen LogP contribution in [0.1, 0.15) is 58.8 Å². The van der Waals surface area contributed by atoms with Gasteiger partial charge in [0.1, 0.15) is 18.1 Å². The zero-order valence-corrected chi connectivity index (χ0v) is 32.9. The van der Waals surface area contributed by atoms with Crippen molar-refractivity contribution in [3.63, 3.8) is 0 Å². The third kappa shape index (κ3) is 10.2. The lowest BCUT2D eigenvalue weighted by Crippen LogP contribution is -2.56. The first-order valence-corrected chi connectivity index (χ1v) is 19.2. The van der Waals surface area contributed by atoms with E-state index in [-0.39, 0.29) is 41.6 Å². The van der Waals surface area contributed by atoms with Crippen LogP contribution in [0, 0.1) is 11.3 Å². The van der Waals surface area contributed by atoms with Crippen LogP contribution in [-0.4, -0.2) is 125 Å². The second-order valence-corrected chi connectivity index (χ2v) is 16.0. The molecule has 0 saturated carbocycles. The second kappa shape index (κ2) is 17.0. The molecule has 6 rings (SSSR count). The molecule has 3 saturated heterocycles. The van der Waals surface area contributed by atoms with Gasteiger partial charge in [-0.15, -0.1) is 13.2 Å². The summed E-state index contributed by atoms with van der Waals surface area (Å²) in [7, 11) is 1.22. The Labute approximate surface area is 330 Å². The number of alkyl halides is 3. The first-order valence-electron chi connectivity index (χ1n) is 19.2. The number of imidazole rings is 1. The van der Waals surface area contributed by atoms with Crippen LogP contribution in [-0.2, 0) is 14.3 Å². The van der Waals surface area contributed by atoms with Gasteiger partial charge in [-0.2, -0.15) is 0 Å². The summed E-state index contributed by atoms with van der Waals surface area (Å²) in [5.41, 5.74) is 1.76. The molecular formula is C40H51F3N8O6. The van der Waals surface area contributed by atoms with E-state index in [9.17, 15) is 32.3 Å². The Morgan fingerprint density at radius 1 is 0.912 bits per heavy atom. The van der Waals surface area contributed by atoms with Gasteiger partial charge in [0, 0.05) is 74.6 Å². The molecule has 3 aromatic rings. The van der Waals surface area contributed by atoms with Crippen LogP contribution >= 0.6 is 0 Å². The molecule has 0 unspecified atom stereocenters. The number of nitrogens with one attached hydrogen (secondary N) is 3. The summed E-state index contributed by atoms with van der Waals surface area (Å²) in [5.74, 6) is 0.221. The minimum absolute atomic E-state index is 0.157. The van der Waals surface area contributed by atoms with E-state index in [0.717, 1.165) is 18.4 Å². The maximum atomic E-state index is 13.6. The third-order valence-electron chi connectivity index (χ3n) is 10.8. The largest absolute Gasteiger partial charge is 0.573 e. The number of piperazine rings is 1. The van der Waals surface area contributed by atoms with E-state index < -0.39 is 29.7 Å². The average Bonchev–Trinajstić information content (AvgIpc) is 3.83. The maximum Gasteiger partial charge on any atom is 0.573 e. The fraction of sp³-hybridized carbons (Fsp3) is 0.525. The fourth-order valence-corrected chi connectivity index (χ4v) is 7.83. The Hall–Kier alpha value is -5.32. The van der Waals surface area contributed by atoms with Crippen molar-refractivity contribution >= 4 is 29.6 Å². The first kappa shape index (κ1) is 41.3. The number of hydrogen-bond acceptors (Lipinski definition) is 8. The highest BCUT2D eigenvalue weighted by atomic mass is 19.4. The molecular weight excluding hydrogens is 745 g/mol. The van der Waals surface area contributed by atoms with Gasteiger partial charge in [0.15, 0.2) is 0 Å². The number of aromatic nitrogens is 2. The average molecular weight is 797 g/mol. The number of rotatable bonds is 8. The summed E-state index contributed by atoms with van der Waals surface area (Å²) in [6, 6.07) is 10.6. The summed E-state index contributed by atoms with van der Waals surface area (Å²) in [6.45, 7) is 11.8. The van der Waals surface area contributed by atoms with E-state index >= 15 is 0 Å². The molecule has 3 aliphatic rings. The Morgan fingerprint density at radius 3 is 2.21 bits per heavy atom. The third-order valence-corrected chi connectivity index (χ3v) is 10.8. The number of urea groups is 1. The van der Waals surface area contributed by atoms with Crippen LogP contribution in [0.15, 0.2) is 48.7 Å². The van der Waals surface area contributed by atoms with E-state index in [1.807, 2.05) is 32.6 Å². The Bertz CT molecular complexity index is 1910. The molecule has 3 aliphatic heterocycles. The molecule has 0 spiro atoms. The molecule has 0 radical (unpaired) electrons. The summed E-state index contributed by atoms with van der Waals surface area (Å²) >= 11 is 0. The van der Waals surface area contributed by atoms with Gasteiger partial charge in [-0.3, -0.25) is 14.5 Å². The number of likely N-dealkylation sites (tertiary alicyclic amines) is 2. The molecule has 4 heterocycles. The minimum Gasteiger partial charge on any atom is -0.453 e. The molecule has 3 N–H and O–H groups in total. The number of aromatic amines is 1. The van der Waals surface area contributed by atoms with Crippen LogP contribution in [0.25, 0.3) is 22.4 Å². The maximum absolute atomic E-state index is 13.6. The van der Waals surface area contributed by atoms with Crippen molar-refractivity contribution in [1.82, 2.24) is 34.9 Å². The van der Waals surface area contributed by atoms with Crippen molar-refractivity contribution < 1.29 is 41.8 Å². The topological polar surface area (TPSA) is 152 Å². The standard InChI is InChI=1S/C40H51F3N8O6/c1-25-20-32(51(24-25)34(52)23-45-38(55)56-5)35-44-22-31(47-35)27-8-6-26(7-9-27)30-11-10-28(21-33(30)57-40(41,42)43)46-37(54)50-18-16-48(17-19-50)29-12-14-49(15-13-29)36(53)39(2,3)4/h6-11,21-22,25,29,32H,12-20,23-24H2,1-5H3,(H,44,47)(H,45,55)(H,46,54)/t25-,32-/m0/s1. The van der Waals surface area contributed by atoms with Crippen molar-refractivity contribution in [2.45, 2.75) is 65.4 Å². The number of hydrogen-bond donors (Lipinski definition) is 3. The predicted octanol–water partition coefficient (Wildman–Crippen LogP) is 6.09. The molecule has 57 heavy (non-hydrogen) atoms. The van der Waals surface area contributed by atoms with Crippen LogP contribution in [0.4, 0.5) is 28.4 Å². The normalized spacial score (nSPS) is 19.7. The zero-order chi connectivity index (χ0) is 41.1. The van der Waals surface area contributed by atoms with E-state index in [1.165, 1.54) is 19.2 Å². The van der Waals surface area contributed by atoms with Crippen molar-refractivity contribution in [3.8, 4) is 28.1 Å². The number of piperidine rings is 1. The van der Waals surface area contributed by atoms with Crippen molar-refractivity contribution in [2.24, 2.45) is 11.3 Å². The summed E-state index contributed by atoms with van der Waals surface area (Å²) < 4.78 is 49.9. The lowest BCUT2D eigenvalue weighted by molar-refractivity contribution is -0.274. The molecule has 1 aromatic heterocycles. The number of nitrogens with zero attached hydrogens (tertiary/aromatic N) is 5. The fourth-order valence-electron chi connectivity index (χ4n) is 7.83. The molecule has 17 heteroatoms. The zero-order valence-electron chi connectivity index (χ0n) is 32.9. The van der Waals surface area contributed by atoms with Gasteiger partial charge in [-0.25, -0.2) is 14.6 Å². The Kier molecular flexibility index (Phi) is 12.4. The molecule has 5 amide bonds. The lowest BCUT2D eigenvalue weighted by atomic mass is 9.92. The van der Waals surface area contributed by atoms with Crippen LogP contribution in [0.3, 0.4) is 0 Å². The molecule has 0 bridgehead atoms. The molecule has 14 nitrogen and oxygen atoms in total. The van der Waals surface area contributed by atoms with E-state index in [4.69, 9.17) is 0 Å². The number of methoxy groups -OCH3 is 1. The molecule has 308 valence electrons. The van der Waals surface area contributed by atoms with Gasteiger partial charge in [-0.05, 0) is 48.4 Å². The van der Waals surface area contributed by atoms with Gasteiger partial charge in [-0.1, -0.05) is 52.0 Å². The summed E-state index contributed by atoms with van der Waals surface area (Å²) in [6.07, 6.45) is -1.62. The van der Waals surface area contributed by atoms with Gasteiger partial charge in [0.25, 0.3) is 0 Å². The summed E-state index contributed by atoms with van der Waals surface area (Å²) in [4.78, 5) is 65.8. The minimum atomic E-state index is -4.97. The quantitative estimate of drug-likeness (QED) is 0.248. The number of carbonyl (C=O) groups excluding carboxylic acids is 4. The van der Waals surface area contributed by atoms with E-state index in [1.54, 1.807) is 46.3 Å².